The van der Waals surface area contributed by atoms with Gasteiger partial charge >= 0.3 is 0 Å². The molecule has 1 saturated heterocycles. The van der Waals surface area contributed by atoms with Gasteiger partial charge in [-0.15, -0.1) is 0 Å². The molecule has 1 saturated carbocycles. The van der Waals surface area contributed by atoms with Crippen LogP contribution in [0.1, 0.15) is 57.2 Å². The predicted molar refractivity (Wildman–Crippen MR) is 86.3 cm³/mol. The first-order valence-electron chi connectivity index (χ1n) is 8.82. The van der Waals surface area contributed by atoms with Gasteiger partial charge in [0.25, 0.3) is 0 Å². The number of nitrogens with zero attached hydrogens (tertiary/aromatic N) is 3. The van der Waals surface area contributed by atoms with E-state index in [0.29, 0.717) is 6.04 Å². The van der Waals surface area contributed by atoms with Crippen LogP contribution in [0.5, 0.6) is 0 Å². The second-order valence-corrected chi connectivity index (χ2v) is 6.77. The smallest absolute Gasteiger partial charge is 0.0764 e. The molecular formula is C17H30N4. The molecule has 2 fully saturated rings. The average Bonchev–Trinajstić information content (AvgIpc) is 3.18. The van der Waals surface area contributed by atoms with Crippen LogP contribution in [-0.2, 0) is 6.54 Å². The van der Waals surface area contributed by atoms with Crippen molar-refractivity contribution in [2.45, 2.75) is 58.0 Å². The summed E-state index contributed by atoms with van der Waals surface area (Å²) in [5.74, 6) is 0.815. The molecular weight excluding hydrogens is 260 g/mol. The monoisotopic (exact) mass is 290 g/mol. The van der Waals surface area contributed by atoms with Crippen molar-refractivity contribution in [3.8, 4) is 0 Å². The van der Waals surface area contributed by atoms with Crippen LogP contribution in [0.25, 0.3) is 0 Å². The minimum Gasteiger partial charge on any atom is -0.316 e. The molecule has 4 heteroatoms. The maximum atomic E-state index is 4.83. The summed E-state index contributed by atoms with van der Waals surface area (Å²) in [6.07, 6.45) is 10.3. The maximum Gasteiger partial charge on any atom is 0.0764 e. The van der Waals surface area contributed by atoms with Gasteiger partial charge in [0.05, 0.1) is 11.7 Å². The van der Waals surface area contributed by atoms with Crippen molar-refractivity contribution in [1.29, 1.82) is 0 Å². The van der Waals surface area contributed by atoms with Gasteiger partial charge in [0.2, 0.25) is 0 Å². The Hall–Kier alpha value is -0.870. The second kappa shape index (κ2) is 7.41. The summed E-state index contributed by atoms with van der Waals surface area (Å²) in [5, 5.41) is 8.36. The zero-order valence-corrected chi connectivity index (χ0v) is 13.4. The minimum absolute atomic E-state index is 0.663. The summed E-state index contributed by atoms with van der Waals surface area (Å²) in [7, 11) is 0. The highest BCUT2D eigenvalue weighted by molar-refractivity contribution is 5.00. The predicted octanol–water partition coefficient (Wildman–Crippen LogP) is 2.82. The summed E-state index contributed by atoms with van der Waals surface area (Å²) >= 11 is 0. The molecule has 3 rings (SSSR count). The van der Waals surface area contributed by atoms with Gasteiger partial charge < -0.3 is 5.32 Å². The van der Waals surface area contributed by atoms with Crippen LogP contribution in [-0.4, -0.2) is 40.9 Å². The molecule has 0 radical (unpaired) electrons. The van der Waals surface area contributed by atoms with E-state index < -0.39 is 0 Å². The molecule has 0 aromatic carbocycles. The Morgan fingerprint density at radius 2 is 2.14 bits per heavy atom. The molecule has 1 aliphatic carbocycles. The Labute approximate surface area is 128 Å². The van der Waals surface area contributed by atoms with E-state index in [-0.39, 0.29) is 0 Å². The SMILES string of the molecule is CCN(Cc1ccn(C2CCCC2)n1)CC1CCCNC1. The van der Waals surface area contributed by atoms with E-state index in [1.165, 1.54) is 63.9 Å². The Morgan fingerprint density at radius 1 is 1.29 bits per heavy atom. The summed E-state index contributed by atoms with van der Waals surface area (Å²) < 4.78 is 2.22. The van der Waals surface area contributed by atoms with E-state index in [9.17, 15) is 0 Å². The molecule has 1 aliphatic heterocycles. The molecule has 2 heterocycles. The van der Waals surface area contributed by atoms with E-state index in [2.05, 4.69) is 34.1 Å². The fraction of sp³-hybridized carbons (Fsp3) is 0.824. The third-order valence-corrected chi connectivity index (χ3v) is 5.11. The van der Waals surface area contributed by atoms with Gasteiger partial charge in [-0.2, -0.15) is 5.10 Å². The van der Waals surface area contributed by atoms with Crippen LogP contribution < -0.4 is 5.32 Å². The normalized spacial score (nSPS) is 24.0. The molecule has 21 heavy (non-hydrogen) atoms. The van der Waals surface area contributed by atoms with Gasteiger partial charge in [0.1, 0.15) is 0 Å². The summed E-state index contributed by atoms with van der Waals surface area (Å²) in [4.78, 5) is 2.55. The van der Waals surface area contributed by atoms with Gasteiger partial charge in [-0.25, -0.2) is 0 Å². The topological polar surface area (TPSA) is 33.1 Å². The second-order valence-electron chi connectivity index (χ2n) is 6.77. The molecule has 0 spiro atoms. The lowest BCUT2D eigenvalue weighted by molar-refractivity contribution is 0.207. The molecule has 0 bridgehead atoms. The van der Waals surface area contributed by atoms with E-state index in [4.69, 9.17) is 5.10 Å². The Bertz CT molecular complexity index is 416. The van der Waals surface area contributed by atoms with Gasteiger partial charge in [-0.05, 0) is 57.3 Å². The fourth-order valence-corrected chi connectivity index (χ4v) is 3.81. The Kier molecular flexibility index (Phi) is 5.31. The number of rotatable bonds is 6. The minimum atomic E-state index is 0.663. The average molecular weight is 290 g/mol. The van der Waals surface area contributed by atoms with Gasteiger partial charge in [-0.3, -0.25) is 9.58 Å². The lowest BCUT2D eigenvalue weighted by atomic mass is 9.99. The van der Waals surface area contributed by atoms with Crippen LogP contribution in [0, 0.1) is 5.92 Å². The molecule has 1 unspecified atom stereocenters. The highest BCUT2D eigenvalue weighted by Crippen LogP contribution is 2.28. The third kappa shape index (κ3) is 4.07. The van der Waals surface area contributed by atoms with E-state index in [1.807, 2.05) is 0 Å². The molecule has 0 amide bonds. The molecule has 118 valence electrons. The molecule has 1 atom stereocenters. The largest absolute Gasteiger partial charge is 0.316 e. The van der Waals surface area contributed by atoms with Gasteiger partial charge in [0, 0.05) is 19.3 Å². The van der Waals surface area contributed by atoms with Crippen LogP contribution >= 0.6 is 0 Å². The highest BCUT2D eigenvalue weighted by Gasteiger charge is 2.19. The first kappa shape index (κ1) is 15.0. The molecule has 1 N–H and O–H groups in total. The van der Waals surface area contributed by atoms with Crippen LogP contribution in [0.15, 0.2) is 12.3 Å². The molecule has 1 aromatic rings. The van der Waals surface area contributed by atoms with Crippen molar-refractivity contribution in [2.24, 2.45) is 5.92 Å². The Balaban J connectivity index is 1.53. The lowest BCUT2D eigenvalue weighted by Crippen LogP contribution is -2.38. The third-order valence-electron chi connectivity index (χ3n) is 5.11. The van der Waals surface area contributed by atoms with Gasteiger partial charge in [0.15, 0.2) is 0 Å². The van der Waals surface area contributed by atoms with Crippen molar-refractivity contribution in [3.05, 3.63) is 18.0 Å². The maximum absolute atomic E-state index is 4.83. The zero-order chi connectivity index (χ0) is 14.5. The molecule has 4 nitrogen and oxygen atoms in total. The van der Waals surface area contributed by atoms with Crippen molar-refractivity contribution in [2.75, 3.05) is 26.2 Å². The Morgan fingerprint density at radius 3 is 2.86 bits per heavy atom. The first-order valence-corrected chi connectivity index (χ1v) is 8.82. The quantitative estimate of drug-likeness (QED) is 0.874. The number of piperidine rings is 1. The van der Waals surface area contributed by atoms with Crippen LogP contribution in [0.2, 0.25) is 0 Å². The number of nitrogens with one attached hydrogen (secondary N) is 1. The highest BCUT2D eigenvalue weighted by atomic mass is 15.3. The molecule has 1 aromatic heterocycles. The fourth-order valence-electron chi connectivity index (χ4n) is 3.81. The number of hydrogen-bond donors (Lipinski definition) is 1. The van der Waals surface area contributed by atoms with E-state index in [1.54, 1.807) is 0 Å². The van der Waals surface area contributed by atoms with Crippen molar-refractivity contribution >= 4 is 0 Å². The van der Waals surface area contributed by atoms with Crippen molar-refractivity contribution in [3.63, 3.8) is 0 Å². The number of hydrogen-bond acceptors (Lipinski definition) is 3. The van der Waals surface area contributed by atoms with Crippen LogP contribution in [0.4, 0.5) is 0 Å². The summed E-state index contributed by atoms with van der Waals surface area (Å²) in [5.41, 5.74) is 1.24. The first-order chi connectivity index (χ1) is 10.3. The van der Waals surface area contributed by atoms with Crippen molar-refractivity contribution < 1.29 is 0 Å². The molecule has 2 aliphatic rings. The summed E-state index contributed by atoms with van der Waals surface area (Å²) in [6.45, 7) is 7.99. The number of aromatic nitrogens is 2. The standard InChI is InChI=1S/C17H30N4/c1-2-20(13-15-6-5-10-18-12-15)14-16-9-11-21(19-16)17-7-3-4-8-17/h9,11,15,17-18H,2-8,10,12-14H2,1H3. The van der Waals surface area contributed by atoms with Crippen LogP contribution in [0.3, 0.4) is 0 Å². The zero-order valence-electron chi connectivity index (χ0n) is 13.4. The lowest BCUT2D eigenvalue weighted by Gasteiger charge is -2.29. The summed E-state index contributed by atoms with van der Waals surface area (Å²) in [6, 6.07) is 2.89. The van der Waals surface area contributed by atoms with Gasteiger partial charge in [-0.1, -0.05) is 19.8 Å². The van der Waals surface area contributed by atoms with Crippen molar-refractivity contribution in [1.82, 2.24) is 20.0 Å². The van der Waals surface area contributed by atoms with E-state index >= 15 is 0 Å². The van der Waals surface area contributed by atoms with E-state index in [0.717, 1.165) is 19.0 Å².